The number of anilines is 1. The summed E-state index contributed by atoms with van der Waals surface area (Å²) in [5.74, 6) is -1.44. The summed E-state index contributed by atoms with van der Waals surface area (Å²) in [6, 6.07) is 7.41. The van der Waals surface area contributed by atoms with Crippen LogP contribution < -0.4 is 4.31 Å². The number of nitro benzene ring substituents is 1. The number of nitrogens with zero attached hydrogens (tertiary/aromatic N) is 2. The molecule has 0 spiro atoms. The highest BCUT2D eigenvalue weighted by molar-refractivity contribution is 7.92. The van der Waals surface area contributed by atoms with Crippen LogP contribution in [0.2, 0.25) is 10.0 Å². The fourth-order valence-electron chi connectivity index (χ4n) is 2.18. The Morgan fingerprint density at radius 2 is 1.92 bits per heavy atom. The second kappa shape index (κ2) is 7.48. The third-order valence-corrected chi connectivity index (χ3v) is 6.01. The molecule has 0 unspecified atom stereocenters. The predicted octanol–water partition coefficient (Wildman–Crippen LogP) is 3.49. The smallest absolute Gasteiger partial charge is 0.324 e. The Morgan fingerprint density at radius 1 is 1.27 bits per heavy atom. The summed E-state index contributed by atoms with van der Waals surface area (Å²) in [7, 11) is -4.46. The van der Waals surface area contributed by atoms with Crippen LogP contribution in [0.3, 0.4) is 0 Å². The molecular formula is C15H12Cl2N2O6S. The molecule has 0 aliphatic carbocycles. The van der Waals surface area contributed by atoms with Gasteiger partial charge < -0.3 is 5.11 Å². The molecule has 8 nitrogen and oxygen atoms in total. The van der Waals surface area contributed by atoms with E-state index in [0.717, 1.165) is 12.1 Å². The van der Waals surface area contributed by atoms with E-state index in [2.05, 4.69) is 0 Å². The first kappa shape index (κ1) is 20.0. The van der Waals surface area contributed by atoms with Crippen molar-refractivity contribution >= 4 is 50.6 Å². The van der Waals surface area contributed by atoms with Crippen molar-refractivity contribution in [1.29, 1.82) is 0 Å². The van der Waals surface area contributed by atoms with E-state index in [1.54, 1.807) is 0 Å². The van der Waals surface area contributed by atoms with Crippen molar-refractivity contribution in [3.8, 4) is 0 Å². The number of hydrogen-bond donors (Lipinski definition) is 1. The molecule has 0 heterocycles. The molecule has 2 rings (SSSR count). The number of carbonyl (C=O) groups is 1. The van der Waals surface area contributed by atoms with Crippen molar-refractivity contribution in [3.63, 3.8) is 0 Å². The SMILES string of the molecule is Cc1ccc(S(=O)(=O)N(CC(=O)O)c2cccc(Cl)c2Cl)cc1[N+](=O)[O-]. The Kier molecular flexibility index (Phi) is 5.74. The lowest BCUT2D eigenvalue weighted by atomic mass is 10.2. The van der Waals surface area contributed by atoms with Gasteiger partial charge in [-0.1, -0.05) is 35.3 Å². The molecule has 0 saturated carbocycles. The summed E-state index contributed by atoms with van der Waals surface area (Å²) in [6.07, 6.45) is 0. The maximum atomic E-state index is 13.0. The molecule has 0 saturated heterocycles. The van der Waals surface area contributed by atoms with Crippen LogP contribution in [-0.4, -0.2) is 31.0 Å². The van der Waals surface area contributed by atoms with Gasteiger partial charge in [-0.15, -0.1) is 0 Å². The molecule has 0 atom stereocenters. The van der Waals surface area contributed by atoms with E-state index in [1.165, 1.54) is 31.2 Å². The van der Waals surface area contributed by atoms with Crippen molar-refractivity contribution in [3.05, 3.63) is 62.1 Å². The molecule has 26 heavy (non-hydrogen) atoms. The highest BCUT2D eigenvalue weighted by atomic mass is 35.5. The summed E-state index contributed by atoms with van der Waals surface area (Å²) in [5, 5.41) is 20.1. The lowest BCUT2D eigenvalue weighted by Gasteiger charge is -2.24. The number of halogens is 2. The van der Waals surface area contributed by atoms with Crippen LogP contribution in [0.25, 0.3) is 0 Å². The molecule has 0 aromatic heterocycles. The van der Waals surface area contributed by atoms with E-state index >= 15 is 0 Å². The van der Waals surface area contributed by atoms with Crippen LogP contribution in [-0.2, 0) is 14.8 Å². The van der Waals surface area contributed by atoms with Gasteiger partial charge in [0.1, 0.15) is 6.54 Å². The Labute approximate surface area is 158 Å². The highest BCUT2D eigenvalue weighted by Gasteiger charge is 2.30. The average molecular weight is 419 g/mol. The number of rotatable bonds is 6. The van der Waals surface area contributed by atoms with Crippen LogP contribution in [0.1, 0.15) is 5.56 Å². The third-order valence-electron chi connectivity index (χ3n) is 3.44. The maximum absolute atomic E-state index is 13.0. The van der Waals surface area contributed by atoms with Gasteiger partial charge in [-0.2, -0.15) is 0 Å². The molecule has 0 aliphatic rings. The molecule has 0 fully saturated rings. The Balaban J connectivity index is 2.68. The Bertz CT molecular complexity index is 994. The summed E-state index contributed by atoms with van der Waals surface area (Å²) in [4.78, 5) is 21.1. The minimum Gasteiger partial charge on any atom is -0.480 e. The summed E-state index contributed by atoms with van der Waals surface area (Å²) in [5.41, 5.74) is -0.289. The zero-order valence-corrected chi connectivity index (χ0v) is 15.5. The first-order valence-electron chi connectivity index (χ1n) is 6.99. The van der Waals surface area contributed by atoms with Gasteiger partial charge in [0.15, 0.2) is 0 Å². The van der Waals surface area contributed by atoms with Crippen molar-refractivity contribution in [2.24, 2.45) is 0 Å². The van der Waals surface area contributed by atoms with Crippen molar-refractivity contribution < 1.29 is 23.2 Å². The molecule has 1 N–H and O–H groups in total. The fraction of sp³-hybridized carbons (Fsp3) is 0.133. The summed E-state index contributed by atoms with van der Waals surface area (Å²) in [6.45, 7) is 0.515. The van der Waals surface area contributed by atoms with Crippen LogP contribution >= 0.6 is 23.2 Å². The second-order valence-electron chi connectivity index (χ2n) is 5.18. The topological polar surface area (TPSA) is 118 Å². The number of nitro groups is 1. The number of aryl methyl sites for hydroxylation is 1. The van der Waals surface area contributed by atoms with Gasteiger partial charge in [-0.05, 0) is 25.1 Å². The molecule has 0 bridgehead atoms. The third kappa shape index (κ3) is 3.90. The summed E-state index contributed by atoms with van der Waals surface area (Å²) >= 11 is 11.9. The van der Waals surface area contributed by atoms with Crippen LogP contribution in [0.15, 0.2) is 41.3 Å². The monoisotopic (exact) mass is 418 g/mol. The van der Waals surface area contributed by atoms with Crippen LogP contribution in [0.5, 0.6) is 0 Å². The standard InChI is InChI=1S/C15H12Cl2N2O6S/c1-9-5-6-10(7-13(9)19(22)23)26(24,25)18(8-14(20)21)12-4-2-3-11(16)15(12)17/h2-7H,8H2,1H3,(H,20,21). The van der Waals surface area contributed by atoms with Gasteiger partial charge in [0.05, 0.1) is 25.6 Å². The van der Waals surface area contributed by atoms with Gasteiger partial charge >= 0.3 is 5.97 Å². The maximum Gasteiger partial charge on any atom is 0.324 e. The molecule has 0 aliphatic heterocycles. The lowest BCUT2D eigenvalue weighted by molar-refractivity contribution is -0.385. The number of aliphatic carboxylic acids is 1. The van der Waals surface area contributed by atoms with Gasteiger partial charge in [-0.3, -0.25) is 19.2 Å². The van der Waals surface area contributed by atoms with Crippen molar-refractivity contribution in [2.75, 3.05) is 10.8 Å². The number of benzene rings is 2. The van der Waals surface area contributed by atoms with E-state index in [1.807, 2.05) is 0 Å². The molecule has 0 amide bonds. The van der Waals surface area contributed by atoms with E-state index in [4.69, 9.17) is 28.3 Å². The molecule has 138 valence electrons. The van der Waals surface area contributed by atoms with E-state index < -0.39 is 38.0 Å². The molecule has 0 radical (unpaired) electrons. The van der Waals surface area contributed by atoms with Gasteiger partial charge in [0, 0.05) is 11.6 Å². The number of sulfonamides is 1. The Hall–Kier alpha value is -2.36. The first-order valence-corrected chi connectivity index (χ1v) is 9.19. The van der Waals surface area contributed by atoms with E-state index in [0.29, 0.717) is 4.31 Å². The second-order valence-corrected chi connectivity index (χ2v) is 7.83. The number of carboxylic acid groups (broad SMARTS) is 1. The van der Waals surface area contributed by atoms with Crippen molar-refractivity contribution in [2.45, 2.75) is 11.8 Å². The first-order chi connectivity index (χ1) is 12.1. The van der Waals surface area contributed by atoms with Crippen molar-refractivity contribution in [1.82, 2.24) is 0 Å². The minimum atomic E-state index is -4.46. The van der Waals surface area contributed by atoms with E-state index in [-0.39, 0.29) is 21.3 Å². The van der Waals surface area contributed by atoms with Gasteiger partial charge in [0.2, 0.25) is 0 Å². The normalized spacial score (nSPS) is 11.2. The zero-order chi connectivity index (χ0) is 19.6. The van der Waals surface area contributed by atoms with Gasteiger partial charge in [-0.25, -0.2) is 8.42 Å². The average Bonchev–Trinajstić information content (AvgIpc) is 2.55. The van der Waals surface area contributed by atoms with Gasteiger partial charge in [0.25, 0.3) is 15.7 Å². The molecule has 2 aromatic rings. The molecular weight excluding hydrogens is 407 g/mol. The zero-order valence-electron chi connectivity index (χ0n) is 13.2. The molecule has 2 aromatic carbocycles. The van der Waals surface area contributed by atoms with Crippen LogP contribution in [0, 0.1) is 17.0 Å². The minimum absolute atomic E-state index is 0.0321. The number of carboxylic acids is 1. The fourth-order valence-corrected chi connectivity index (χ4v) is 4.08. The predicted molar refractivity (Wildman–Crippen MR) is 96.5 cm³/mol. The largest absolute Gasteiger partial charge is 0.480 e. The van der Waals surface area contributed by atoms with E-state index in [9.17, 15) is 23.3 Å². The quantitative estimate of drug-likeness (QED) is 0.566. The summed E-state index contributed by atoms with van der Waals surface area (Å²) < 4.78 is 26.5. The number of hydrogen-bond acceptors (Lipinski definition) is 5. The molecule has 11 heteroatoms. The van der Waals surface area contributed by atoms with Crippen LogP contribution in [0.4, 0.5) is 11.4 Å². The Morgan fingerprint density at radius 3 is 2.50 bits per heavy atom. The lowest BCUT2D eigenvalue weighted by Crippen LogP contribution is -2.36. The highest BCUT2D eigenvalue weighted by Crippen LogP contribution is 2.36.